The Kier molecular flexibility index (Phi) is 5.70. The van der Waals surface area contributed by atoms with Crippen LogP contribution in [0, 0.1) is 0 Å². The van der Waals surface area contributed by atoms with Crippen LogP contribution in [0.3, 0.4) is 0 Å². The van der Waals surface area contributed by atoms with Crippen molar-refractivity contribution in [1.82, 2.24) is 15.1 Å². The lowest BCUT2D eigenvalue weighted by atomic mass is 10.1. The van der Waals surface area contributed by atoms with Crippen LogP contribution in [-0.2, 0) is 14.4 Å². The Labute approximate surface area is 162 Å². The van der Waals surface area contributed by atoms with Gasteiger partial charge in [-0.1, -0.05) is 11.6 Å². The Balaban J connectivity index is 1.61. The normalized spacial score (nSPS) is 16.4. The van der Waals surface area contributed by atoms with Crippen LogP contribution in [0.5, 0.6) is 5.75 Å². The summed E-state index contributed by atoms with van der Waals surface area (Å²) >= 11 is 6.01. The average Bonchev–Trinajstić information content (AvgIpc) is 2.65. The number of nitrogens with one attached hydrogen (secondary N) is 1. The van der Waals surface area contributed by atoms with Gasteiger partial charge in [0.1, 0.15) is 12.4 Å². The molecule has 0 aromatic heterocycles. The number of ether oxygens (including phenoxy) is 1. The maximum absolute atomic E-state index is 12.8. The third kappa shape index (κ3) is 4.42. The number of hydrogen-bond donors (Lipinski definition) is 1. The van der Waals surface area contributed by atoms with Crippen LogP contribution in [-0.4, -0.2) is 66.3 Å². The van der Waals surface area contributed by atoms with Crippen molar-refractivity contribution in [1.29, 1.82) is 0 Å². The third-order valence-corrected chi connectivity index (χ3v) is 4.66. The van der Waals surface area contributed by atoms with E-state index in [1.165, 1.54) is 4.90 Å². The predicted molar refractivity (Wildman–Crippen MR) is 101 cm³/mol. The lowest BCUT2D eigenvalue weighted by molar-refractivity contribution is -0.148. The molecule has 0 spiro atoms. The molecule has 27 heavy (non-hydrogen) atoms. The van der Waals surface area contributed by atoms with Crippen molar-refractivity contribution in [2.75, 3.05) is 32.8 Å². The predicted octanol–water partition coefficient (Wildman–Crippen LogP) is 1.31. The summed E-state index contributed by atoms with van der Waals surface area (Å²) in [6.07, 6.45) is 1.79. The Morgan fingerprint density at radius 3 is 2.44 bits per heavy atom. The maximum Gasteiger partial charge on any atom is 0.312 e. The van der Waals surface area contributed by atoms with Crippen LogP contribution in [0.2, 0.25) is 5.02 Å². The molecule has 0 aliphatic carbocycles. The second kappa shape index (κ2) is 8.00. The number of fused-ring (bicyclic) bond motifs is 1. The van der Waals surface area contributed by atoms with Gasteiger partial charge in [-0.05, 0) is 38.1 Å². The van der Waals surface area contributed by atoms with Crippen molar-refractivity contribution in [2.24, 2.45) is 0 Å². The SMILES string of the molecule is CC(C)NC(=O)C(=O)N1CCN(C(=O)C2=Cc3cc(Cl)ccc3OC2)CC1. The molecule has 1 fully saturated rings. The number of nitrogens with zero attached hydrogens (tertiary/aromatic N) is 2. The fraction of sp³-hybridized carbons (Fsp3) is 0.421. The summed E-state index contributed by atoms with van der Waals surface area (Å²) in [5, 5.41) is 3.17. The zero-order valence-corrected chi connectivity index (χ0v) is 16.1. The lowest BCUT2D eigenvalue weighted by Gasteiger charge is -2.35. The second-order valence-corrected chi connectivity index (χ2v) is 7.29. The molecular formula is C19H22ClN3O4. The van der Waals surface area contributed by atoms with E-state index in [1.54, 1.807) is 43.0 Å². The van der Waals surface area contributed by atoms with Crippen LogP contribution in [0.4, 0.5) is 0 Å². The minimum absolute atomic E-state index is 0.0982. The molecule has 7 nitrogen and oxygen atoms in total. The molecule has 1 N–H and O–H groups in total. The molecule has 144 valence electrons. The summed E-state index contributed by atoms with van der Waals surface area (Å²) < 4.78 is 5.64. The first-order valence-electron chi connectivity index (χ1n) is 8.87. The first-order valence-corrected chi connectivity index (χ1v) is 9.25. The molecule has 3 amide bonds. The first-order chi connectivity index (χ1) is 12.8. The monoisotopic (exact) mass is 391 g/mol. The topological polar surface area (TPSA) is 79.0 Å². The molecule has 1 aromatic rings. The van der Waals surface area contributed by atoms with Crippen LogP contribution >= 0.6 is 11.6 Å². The largest absolute Gasteiger partial charge is 0.488 e. The van der Waals surface area contributed by atoms with Gasteiger partial charge in [-0.3, -0.25) is 14.4 Å². The van der Waals surface area contributed by atoms with E-state index < -0.39 is 11.8 Å². The van der Waals surface area contributed by atoms with Gasteiger partial charge in [0.05, 0.1) is 5.57 Å². The fourth-order valence-corrected chi connectivity index (χ4v) is 3.24. The average molecular weight is 392 g/mol. The van der Waals surface area contributed by atoms with Crippen molar-refractivity contribution in [2.45, 2.75) is 19.9 Å². The van der Waals surface area contributed by atoms with Gasteiger partial charge in [0, 0.05) is 42.8 Å². The highest BCUT2D eigenvalue weighted by molar-refractivity contribution is 6.35. The van der Waals surface area contributed by atoms with Crippen molar-refractivity contribution in [3.63, 3.8) is 0 Å². The molecule has 1 saturated heterocycles. The lowest BCUT2D eigenvalue weighted by Crippen LogP contribution is -2.54. The molecule has 1 aromatic carbocycles. The Morgan fingerprint density at radius 2 is 1.78 bits per heavy atom. The van der Waals surface area contributed by atoms with Gasteiger partial charge in [0.15, 0.2) is 0 Å². The maximum atomic E-state index is 12.8. The summed E-state index contributed by atoms with van der Waals surface area (Å²) in [5.41, 5.74) is 1.32. The molecule has 3 rings (SSSR count). The standard InChI is InChI=1S/C19H22ClN3O4/c1-12(2)21-17(24)19(26)23-7-5-22(6-8-23)18(25)14-9-13-10-15(20)3-4-16(13)27-11-14/h3-4,9-10,12H,5-8,11H2,1-2H3,(H,21,24). The Hall–Kier alpha value is -2.54. The first kappa shape index (κ1) is 19.2. The van der Waals surface area contributed by atoms with E-state index in [2.05, 4.69) is 5.32 Å². The number of benzene rings is 1. The zero-order chi connectivity index (χ0) is 19.6. The minimum atomic E-state index is -0.610. The highest BCUT2D eigenvalue weighted by Gasteiger charge is 2.30. The van der Waals surface area contributed by atoms with Crippen LogP contribution in [0.25, 0.3) is 6.08 Å². The van der Waals surface area contributed by atoms with E-state index in [0.29, 0.717) is 42.5 Å². The van der Waals surface area contributed by atoms with E-state index in [0.717, 1.165) is 5.56 Å². The molecule has 0 atom stereocenters. The number of rotatable bonds is 2. The highest BCUT2D eigenvalue weighted by atomic mass is 35.5. The van der Waals surface area contributed by atoms with Gasteiger partial charge >= 0.3 is 11.8 Å². The third-order valence-electron chi connectivity index (χ3n) is 4.43. The van der Waals surface area contributed by atoms with Crippen molar-refractivity contribution in [3.05, 3.63) is 34.4 Å². The van der Waals surface area contributed by atoms with Gasteiger partial charge < -0.3 is 19.9 Å². The second-order valence-electron chi connectivity index (χ2n) is 6.85. The summed E-state index contributed by atoms with van der Waals surface area (Å²) in [7, 11) is 0. The van der Waals surface area contributed by atoms with Crippen LogP contribution < -0.4 is 10.1 Å². The van der Waals surface area contributed by atoms with Crippen molar-refractivity contribution < 1.29 is 19.1 Å². The summed E-state index contributed by atoms with van der Waals surface area (Å²) in [6.45, 7) is 5.20. The smallest absolute Gasteiger partial charge is 0.312 e. The van der Waals surface area contributed by atoms with E-state index in [1.807, 2.05) is 0 Å². The van der Waals surface area contributed by atoms with Crippen molar-refractivity contribution >= 4 is 35.4 Å². The summed E-state index contributed by atoms with van der Waals surface area (Å²) in [5.74, 6) is -0.594. The van der Waals surface area contributed by atoms with Crippen LogP contribution in [0.15, 0.2) is 23.8 Å². The zero-order valence-electron chi connectivity index (χ0n) is 15.3. The van der Waals surface area contributed by atoms with Gasteiger partial charge in [-0.25, -0.2) is 0 Å². The molecule has 0 radical (unpaired) electrons. The molecule has 2 aliphatic heterocycles. The van der Waals surface area contributed by atoms with E-state index in [-0.39, 0.29) is 18.6 Å². The molecule has 0 saturated carbocycles. The van der Waals surface area contributed by atoms with Gasteiger partial charge in [0.2, 0.25) is 0 Å². The quantitative estimate of drug-likeness (QED) is 0.771. The number of amides is 3. The molecule has 0 bridgehead atoms. The number of carbonyl (C=O) groups is 3. The van der Waals surface area contributed by atoms with Gasteiger partial charge in [0.25, 0.3) is 5.91 Å². The number of carbonyl (C=O) groups excluding carboxylic acids is 3. The minimum Gasteiger partial charge on any atom is -0.488 e. The van der Waals surface area contributed by atoms with Gasteiger partial charge in [-0.15, -0.1) is 0 Å². The number of halogens is 1. The van der Waals surface area contributed by atoms with E-state index in [4.69, 9.17) is 16.3 Å². The fourth-order valence-electron chi connectivity index (χ4n) is 3.06. The highest BCUT2D eigenvalue weighted by Crippen LogP contribution is 2.29. The van der Waals surface area contributed by atoms with Crippen LogP contribution in [0.1, 0.15) is 19.4 Å². The molecule has 2 heterocycles. The van der Waals surface area contributed by atoms with Crippen molar-refractivity contribution in [3.8, 4) is 5.75 Å². The van der Waals surface area contributed by atoms with E-state index >= 15 is 0 Å². The summed E-state index contributed by atoms with van der Waals surface area (Å²) in [4.78, 5) is 39.9. The summed E-state index contributed by atoms with van der Waals surface area (Å²) in [6, 6.07) is 5.18. The molecule has 0 unspecified atom stereocenters. The number of hydrogen-bond acceptors (Lipinski definition) is 4. The molecular weight excluding hydrogens is 370 g/mol. The van der Waals surface area contributed by atoms with Gasteiger partial charge in [-0.2, -0.15) is 0 Å². The Bertz CT molecular complexity index is 798. The van der Waals surface area contributed by atoms with E-state index in [9.17, 15) is 14.4 Å². The Morgan fingerprint density at radius 1 is 1.11 bits per heavy atom. The molecule has 2 aliphatic rings. The number of piperazine rings is 1. The molecule has 8 heteroatoms.